The van der Waals surface area contributed by atoms with E-state index in [-0.39, 0.29) is 18.4 Å². The van der Waals surface area contributed by atoms with Crippen LogP contribution in [0.15, 0.2) is 24.4 Å². The number of hydrogen-bond donors (Lipinski definition) is 1. The highest BCUT2D eigenvalue weighted by atomic mass is 35.5. The van der Waals surface area contributed by atoms with Crippen molar-refractivity contribution in [2.45, 2.75) is 0 Å². The molecule has 0 aliphatic carbocycles. The van der Waals surface area contributed by atoms with Gasteiger partial charge in [-0.1, -0.05) is 0 Å². The Morgan fingerprint density at radius 3 is 2.86 bits per heavy atom. The maximum absolute atomic E-state index is 5.44. The van der Waals surface area contributed by atoms with E-state index in [4.69, 9.17) is 10.5 Å². The van der Waals surface area contributed by atoms with Crippen molar-refractivity contribution in [3.8, 4) is 5.75 Å². The Hall–Kier alpha value is -1.55. The number of anilines is 1. The number of aromatic nitrogens is 2. The summed E-state index contributed by atoms with van der Waals surface area (Å²) in [5.74, 6) is 1.08. The van der Waals surface area contributed by atoms with E-state index in [1.165, 1.54) is 0 Å². The first kappa shape index (κ1) is 10.5. The molecular formula is C9H10ClN3O. The molecular weight excluding hydrogens is 202 g/mol. The molecule has 5 heteroatoms. The van der Waals surface area contributed by atoms with Gasteiger partial charge in [-0.05, 0) is 18.2 Å². The van der Waals surface area contributed by atoms with Gasteiger partial charge < -0.3 is 10.5 Å². The molecule has 0 spiro atoms. The number of nitrogen functional groups attached to an aromatic ring is 1. The number of nitrogens with zero attached hydrogens (tertiary/aromatic N) is 2. The van der Waals surface area contributed by atoms with E-state index in [9.17, 15) is 0 Å². The summed E-state index contributed by atoms with van der Waals surface area (Å²) in [5, 5.41) is 0.925. The molecule has 0 saturated carbocycles. The Morgan fingerprint density at radius 1 is 1.36 bits per heavy atom. The first-order valence-electron chi connectivity index (χ1n) is 3.86. The van der Waals surface area contributed by atoms with Gasteiger partial charge >= 0.3 is 0 Å². The summed E-state index contributed by atoms with van der Waals surface area (Å²) >= 11 is 0. The number of hydrogen-bond acceptors (Lipinski definition) is 4. The molecule has 0 amide bonds. The van der Waals surface area contributed by atoms with Crippen molar-refractivity contribution in [2.24, 2.45) is 0 Å². The van der Waals surface area contributed by atoms with Crippen molar-refractivity contribution >= 4 is 29.3 Å². The van der Waals surface area contributed by atoms with Crippen LogP contribution in [0.25, 0.3) is 10.9 Å². The molecule has 1 heterocycles. The van der Waals surface area contributed by atoms with E-state index in [1.807, 2.05) is 18.2 Å². The predicted molar refractivity (Wildman–Crippen MR) is 57.8 cm³/mol. The molecule has 0 atom stereocenters. The van der Waals surface area contributed by atoms with Crippen LogP contribution in [0.3, 0.4) is 0 Å². The summed E-state index contributed by atoms with van der Waals surface area (Å²) in [7, 11) is 1.62. The van der Waals surface area contributed by atoms with E-state index < -0.39 is 0 Å². The standard InChI is InChI=1S/C9H9N3O.ClH/c1-13-7-2-3-8-6(4-7)5-11-9(10)12-8;/h2-5H,1H3,(H2,10,11,12);1H. The van der Waals surface area contributed by atoms with Crippen LogP contribution in [0.4, 0.5) is 5.95 Å². The van der Waals surface area contributed by atoms with Crippen molar-refractivity contribution in [1.82, 2.24) is 9.97 Å². The van der Waals surface area contributed by atoms with Crippen molar-refractivity contribution in [3.63, 3.8) is 0 Å². The highest BCUT2D eigenvalue weighted by molar-refractivity contribution is 5.85. The van der Waals surface area contributed by atoms with Gasteiger partial charge in [0.2, 0.25) is 5.95 Å². The molecule has 4 nitrogen and oxygen atoms in total. The third-order valence-electron chi connectivity index (χ3n) is 1.81. The second-order valence-corrected chi connectivity index (χ2v) is 2.65. The minimum atomic E-state index is 0. The molecule has 0 unspecified atom stereocenters. The van der Waals surface area contributed by atoms with E-state index in [2.05, 4.69) is 9.97 Å². The van der Waals surface area contributed by atoms with Gasteiger partial charge in [0.15, 0.2) is 0 Å². The Bertz CT molecular complexity index is 447. The smallest absolute Gasteiger partial charge is 0.220 e. The number of methoxy groups -OCH3 is 1. The average Bonchev–Trinajstić information content (AvgIpc) is 2.17. The molecule has 1 aromatic carbocycles. The lowest BCUT2D eigenvalue weighted by Crippen LogP contribution is -1.94. The zero-order valence-corrected chi connectivity index (χ0v) is 8.41. The molecule has 2 aromatic rings. The van der Waals surface area contributed by atoms with Crippen LogP contribution in [-0.4, -0.2) is 17.1 Å². The topological polar surface area (TPSA) is 61.0 Å². The summed E-state index contributed by atoms with van der Waals surface area (Å²) in [6.45, 7) is 0. The highest BCUT2D eigenvalue weighted by Crippen LogP contribution is 2.18. The van der Waals surface area contributed by atoms with Crippen molar-refractivity contribution in [3.05, 3.63) is 24.4 Å². The van der Waals surface area contributed by atoms with Gasteiger partial charge in [-0.3, -0.25) is 0 Å². The van der Waals surface area contributed by atoms with Crippen LogP contribution >= 0.6 is 12.4 Å². The van der Waals surface area contributed by atoms with Gasteiger partial charge in [-0.25, -0.2) is 9.97 Å². The molecule has 0 fully saturated rings. The number of nitrogens with two attached hydrogens (primary N) is 1. The molecule has 2 rings (SSSR count). The molecule has 0 aliphatic rings. The first-order chi connectivity index (χ1) is 6.29. The Kier molecular flexibility index (Phi) is 3.09. The first-order valence-corrected chi connectivity index (χ1v) is 3.86. The largest absolute Gasteiger partial charge is 0.497 e. The number of benzene rings is 1. The van der Waals surface area contributed by atoms with E-state index >= 15 is 0 Å². The summed E-state index contributed by atoms with van der Waals surface area (Å²) < 4.78 is 5.07. The second-order valence-electron chi connectivity index (χ2n) is 2.65. The SMILES string of the molecule is COc1ccc2nc(N)ncc2c1.Cl. The van der Waals surface area contributed by atoms with E-state index in [0.717, 1.165) is 16.7 Å². The number of ether oxygens (including phenoxy) is 1. The van der Waals surface area contributed by atoms with Gasteiger partial charge in [-0.15, -0.1) is 12.4 Å². The van der Waals surface area contributed by atoms with Crippen LogP contribution < -0.4 is 10.5 Å². The van der Waals surface area contributed by atoms with Gasteiger partial charge in [0.05, 0.1) is 12.6 Å². The van der Waals surface area contributed by atoms with Crippen LogP contribution in [-0.2, 0) is 0 Å². The highest BCUT2D eigenvalue weighted by Gasteiger charge is 1.98. The summed E-state index contributed by atoms with van der Waals surface area (Å²) in [6.07, 6.45) is 1.68. The fourth-order valence-electron chi connectivity index (χ4n) is 1.15. The predicted octanol–water partition coefficient (Wildman–Crippen LogP) is 1.64. The van der Waals surface area contributed by atoms with Gasteiger partial charge in [-0.2, -0.15) is 0 Å². The Morgan fingerprint density at radius 2 is 2.14 bits per heavy atom. The number of fused-ring (bicyclic) bond motifs is 1. The second kappa shape index (κ2) is 4.11. The minimum Gasteiger partial charge on any atom is -0.497 e. The van der Waals surface area contributed by atoms with Crippen molar-refractivity contribution in [1.29, 1.82) is 0 Å². The van der Waals surface area contributed by atoms with Crippen molar-refractivity contribution < 1.29 is 4.74 Å². The van der Waals surface area contributed by atoms with Crippen LogP contribution in [0, 0.1) is 0 Å². The van der Waals surface area contributed by atoms with Crippen LogP contribution in [0.5, 0.6) is 5.75 Å². The fraction of sp³-hybridized carbons (Fsp3) is 0.111. The zero-order chi connectivity index (χ0) is 9.26. The van der Waals surface area contributed by atoms with Crippen molar-refractivity contribution in [2.75, 3.05) is 12.8 Å². The summed E-state index contributed by atoms with van der Waals surface area (Å²) in [6, 6.07) is 5.57. The Labute approximate surface area is 87.5 Å². The quantitative estimate of drug-likeness (QED) is 0.779. The van der Waals surface area contributed by atoms with E-state index in [0.29, 0.717) is 0 Å². The average molecular weight is 212 g/mol. The molecule has 0 radical (unpaired) electrons. The Balaban J connectivity index is 0.000000980. The normalized spacial score (nSPS) is 9.50. The molecule has 1 aromatic heterocycles. The molecule has 0 aliphatic heterocycles. The molecule has 2 N–H and O–H groups in total. The minimum absolute atomic E-state index is 0. The van der Waals surface area contributed by atoms with Gasteiger partial charge in [0, 0.05) is 11.6 Å². The summed E-state index contributed by atoms with van der Waals surface area (Å²) in [5.41, 5.74) is 6.27. The molecule has 0 saturated heterocycles. The lowest BCUT2D eigenvalue weighted by molar-refractivity contribution is 0.415. The van der Waals surface area contributed by atoms with Crippen LogP contribution in [0.1, 0.15) is 0 Å². The lowest BCUT2D eigenvalue weighted by atomic mass is 10.2. The maximum atomic E-state index is 5.44. The van der Waals surface area contributed by atoms with Gasteiger partial charge in [0.25, 0.3) is 0 Å². The molecule has 0 bridgehead atoms. The fourth-order valence-corrected chi connectivity index (χ4v) is 1.15. The third kappa shape index (κ3) is 1.85. The van der Waals surface area contributed by atoms with Gasteiger partial charge in [0.1, 0.15) is 5.75 Å². The zero-order valence-electron chi connectivity index (χ0n) is 7.60. The number of rotatable bonds is 1. The van der Waals surface area contributed by atoms with Crippen LogP contribution in [0.2, 0.25) is 0 Å². The van der Waals surface area contributed by atoms with E-state index in [1.54, 1.807) is 13.3 Å². The molecule has 74 valence electrons. The molecule has 14 heavy (non-hydrogen) atoms. The number of halogens is 1. The lowest BCUT2D eigenvalue weighted by Gasteiger charge is -2.01. The monoisotopic (exact) mass is 211 g/mol. The summed E-state index contributed by atoms with van der Waals surface area (Å²) in [4.78, 5) is 7.96. The maximum Gasteiger partial charge on any atom is 0.220 e. The third-order valence-corrected chi connectivity index (χ3v) is 1.81.